The second kappa shape index (κ2) is 6.37. The van der Waals surface area contributed by atoms with Crippen molar-refractivity contribution >= 4 is 38.0 Å². The molecular formula is C18H18ClN3O2S. The molecule has 2 aromatic carbocycles. The van der Waals surface area contributed by atoms with Crippen molar-refractivity contribution in [2.24, 2.45) is 0 Å². The molecule has 0 atom stereocenters. The van der Waals surface area contributed by atoms with Crippen molar-refractivity contribution in [3.63, 3.8) is 0 Å². The highest BCUT2D eigenvalue weighted by atomic mass is 35.5. The van der Waals surface area contributed by atoms with Gasteiger partial charge >= 0.3 is 0 Å². The maximum Gasteiger partial charge on any atom is 0.208 e. The van der Waals surface area contributed by atoms with Crippen LogP contribution >= 0.6 is 11.6 Å². The molecule has 4 rings (SSSR count). The van der Waals surface area contributed by atoms with Gasteiger partial charge in [0, 0.05) is 54.0 Å². The lowest BCUT2D eigenvalue weighted by molar-refractivity contribution is 0.587. The Bertz CT molecular complexity index is 1020. The lowest BCUT2D eigenvalue weighted by Gasteiger charge is -2.29. The number of benzene rings is 2. The number of anilines is 1. The maximum atomic E-state index is 13.2. The highest BCUT2D eigenvalue weighted by Crippen LogP contribution is 2.31. The highest BCUT2D eigenvalue weighted by molar-refractivity contribution is 7.91. The van der Waals surface area contributed by atoms with Gasteiger partial charge in [-0.1, -0.05) is 17.7 Å². The number of nitrogens with one attached hydrogen (secondary N) is 2. The summed E-state index contributed by atoms with van der Waals surface area (Å²) in [6.45, 7) is 3.54. The number of sulfone groups is 1. The molecule has 0 saturated carbocycles. The Morgan fingerprint density at radius 2 is 1.84 bits per heavy atom. The average Bonchev–Trinajstić information content (AvgIpc) is 3.06. The van der Waals surface area contributed by atoms with Crippen molar-refractivity contribution in [2.75, 3.05) is 31.1 Å². The molecule has 0 radical (unpaired) electrons. The fourth-order valence-corrected chi connectivity index (χ4v) is 4.82. The number of nitrogens with zero attached hydrogens (tertiary/aromatic N) is 1. The Hall–Kier alpha value is -2.02. The van der Waals surface area contributed by atoms with Gasteiger partial charge in [0.05, 0.1) is 9.79 Å². The van der Waals surface area contributed by atoms with E-state index in [2.05, 4.69) is 15.2 Å². The number of hydrogen-bond donors (Lipinski definition) is 2. The zero-order valence-electron chi connectivity index (χ0n) is 13.5. The molecule has 3 aromatic rings. The summed E-state index contributed by atoms with van der Waals surface area (Å²) in [4.78, 5) is 5.76. The van der Waals surface area contributed by atoms with E-state index >= 15 is 0 Å². The first-order valence-corrected chi connectivity index (χ1v) is 9.99. The zero-order chi connectivity index (χ0) is 17.4. The van der Waals surface area contributed by atoms with Crippen LogP contribution in [0.2, 0.25) is 5.02 Å². The van der Waals surface area contributed by atoms with E-state index < -0.39 is 9.84 Å². The molecule has 25 heavy (non-hydrogen) atoms. The summed E-state index contributed by atoms with van der Waals surface area (Å²) < 4.78 is 26.3. The number of aromatic nitrogens is 1. The Morgan fingerprint density at radius 3 is 2.64 bits per heavy atom. The minimum Gasteiger partial charge on any atom is -0.369 e. The fraction of sp³-hybridized carbons (Fsp3) is 0.222. The van der Waals surface area contributed by atoms with E-state index in [-0.39, 0.29) is 4.90 Å². The van der Waals surface area contributed by atoms with Crippen LogP contribution in [-0.2, 0) is 9.84 Å². The van der Waals surface area contributed by atoms with Gasteiger partial charge < -0.3 is 15.2 Å². The number of H-pyrrole nitrogens is 1. The predicted octanol–water partition coefficient (Wildman–Crippen LogP) is 3.06. The number of fused-ring (bicyclic) bond motifs is 1. The van der Waals surface area contributed by atoms with Crippen molar-refractivity contribution in [1.82, 2.24) is 10.3 Å². The summed E-state index contributed by atoms with van der Waals surface area (Å²) in [7, 11) is -3.63. The smallest absolute Gasteiger partial charge is 0.208 e. The number of rotatable bonds is 3. The van der Waals surface area contributed by atoms with Gasteiger partial charge in [-0.25, -0.2) is 8.42 Å². The van der Waals surface area contributed by atoms with Crippen LogP contribution in [0, 0.1) is 0 Å². The van der Waals surface area contributed by atoms with Gasteiger partial charge in [-0.2, -0.15) is 0 Å². The molecule has 1 aliphatic rings. The first-order valence-electron chi connectivity index (χ1n) is 8.13. The largest absolute Gasteiger partial charge is 0.369 e. The highest BCUT2D eigenvalue weighted by Gasteiger charge is 2.23. The predicted molar refractivity (Wildman–Crippen MR) is 100 cm³/mol. The summed E-state index contributed by atoms with van der Waals surface area (Å²) >= 11 is 6.05. The van der Waals surface area contributed by atoms with E-state index in [4.69, 9.17) is 11.6 Å². The number of halogens is 1. The Morgan fingerprint density at radius 1 is 1.04 bits per heavy atom. The summed E-state index contributed by atoms with van der Waals surface area (Å²) in [6.07, 6.45) is 1.54. The van der Waals surface area contributed by atoms with Crippen molar-refractivity contribution < 1.29 is 8.42 Å². The lowest BCUT2D eigenvalue weighted by atomic mass is 10.2. The van der Waals surface area contributed by atoms with Gasteiger partial charge in [0.15, 0.2) is 0 Å². The molecule has 1 aromatic heterocycles. The Kier molecular flexibility index (Phi) is 4.19. The van der Waals surface area contributed by atoms with Gasteiger partial charge in [0.25, 0.3) is 0 Å². The Labute approximate surface area is 151 Å². The lowest BCUT2D eigenvalue weighted by Crippen LogP contribution is -2.43. The molecule has 0 amide bonds. The molecule has 1 saturated heterocycles. The van der Waals surface area contributed by atoms with E-state index in [0.29, 0.717) is 15.3 Å². The molecule has 7 heteroatoms. The number of hydrogen-bond acceptors (Lipinski definition) is 4. The second-order valence-electron chi connectivity index (χ2n) is 6.08. The third-order valence-electron chi connectivity index (χ3n) is 4.51. The van der Waals surface area contributed by atoms with Gasteiger partial charge in [-0.05, 0) is 36.4 Å². The maximum absolute atomic E-state index is 13.2. The first-order chi connectivity index (χ1) is 12.1. The second-order valence-corrected chi connectivity index (χ2v) is 8.44. The molecule has 2 heterocycles. The van der Waals surface area contributed by atoms with Crippen LogP contribution in [0.3, 0.4) is 0 Å². The van der Waals surface area contributed by atoms with Gasteiger partial charge in [-0.15, -0.1) is 0 Å². The molecule has 1 fully saturated rings. The Balaban J connectivity index is 1.78. The summed E-state index contributed by atoms with van der Waals surface area (Å²) in [5, 5.41) is 4.42. The van der Waals surface area contributed by atoms with Gasteiger partial charge in [-0.3, -0.25) is 0 Å². The first kappa shape index (κ1) is 16.4. The van der Waals surface area contributed by atoms with E-state index in [1.165, 1.54) is 6.20 Å². The van der Waals surface area contributed by atoms with Crippen LogP contribution in [-0.4, -0.2) is 39.6 Å². The van der Waals surface area contributed by atoms with E-state index in [0.717, 1.165) is 37.4 Å². The third kappa shape index (κ3) is 3.01. The molecule has 5 nitrogen and oxygen atoms in total. The van der Waals surface area contributed by atoms with Crippen molar-refractivity contribution in [1.29, 1.82) is 0 Å². The SMILES string of the molecule is O=S(=O)(c1cccc(N2CCNCC2)c1)c1c[nH]c2ccc(Cl)cc12. The summed E-state index contributed by atoms with van der Waals surface area (Å²) in [5.41, 5.74) is 1.68. The molecule has 0 bridgehead atoms. The monoisotopic (exact) mass is 375 g/mol. The molecular weight excluding hydrogens is 358 g/mol. The van der Waals surface area contributed by atoms with Crippen LogP contribution in [0.25, 0.3) is 10.9 Å². The molecule has 130 valence electrons. The third-order valence-corrected chi connectivity index (χ3v) is 6.53. The van der Waals surface area contributed by atoms with Crippen molar-refractivity contribution in [2.45, 2.75) is 9.79 Å². The van der Waals surface area contributed by atoms with Gasteiger partial charge in [0.2, 0.25) is 9.84 Å². The number of piperazine rings is 1. The van der Waals surface area contributed by atoms with Crippen LogP contribution < -0.4 is 10.2 Å². The topological polar surface area (TPSA) is 65.2 Å². The standard InChI is InChI=1S/C18H18ClN3O2S/c19-13-4-5-17-16(10-13)18(12-21-17)25(23,24)15-3-1-2-14(11-15)22-8-6-20-7-9-22/h1-5,10-12,20-21H,6-9H2. The molecule has 0 unspecified atom stereocenters. The van der Waals surface area contributed by atoms with Crippen LogP contribution in [0.5, 0.6) is 0 Å². The van der Waals surface area contributed by atoms with E-state index in [1.54, 1.807) is 36.4 Å². The molecule has 0 aliphatic carbocycles. The quantitative estimate of drug-likeness (QED) is 0.738. The summed E-state index contributed by atoms with van der Waals surface area (Å²) in [6, 6.07) is 12.4. The van der Waals surface area contributed by atoms with Crippen LogP contribution in [0.1, 0.15) is 0 Å². The average molecular weight is 376 g/mol. The van der Waals surface area contributed by atoms with E-state index in [1.807, 2.05) is 6.07 Å². The van der Waals surface area contributed by atoms with Crippen molar-refractivity contribution in [3.8, 4) is 0 Å². The van der Waals surface area contributed by atoms with E-state index in [9.17, 15) is 8.42 Å². The van der Waals surface area contributed by atoms with Crippen LogP contribution in [0.4, 0.5) is 5.69 Å². The molecule has 0 spiro atoms. The van der Waals surface area contributed by atoms with Crippen molar-refractivity contribution in [3.05, 3.63) is 53.7 Å². The van der Waals surface area contributed by atoms with Gasteiger partial charge in [0.1, 0.15) is 0 Å². The van der Waals surface area contributed by atoms with Crippen LogP contribution in [0.15, 0.2) is 58.5 Å². The minimum absolute atomic E-state index is 0.252. The minimum atomic E-state index is -3.63. The zero-order valence-corrected chi connectivity index (χ0v) is 15.1. The number of aromatic amines is 1. The molecule has 1 aliphatic heterocycles. The normalized spacial score (nSPS) is 15.6. The fourth-order valence-electron chi connectivity index (χ4n) is 3.19. The summed E-state index contributed by atoms with van der Waals surface area (Å²) in [5.74, 6) is 0. The molecule has 2 N–H and O–H groups in total.